The van der Waals surface area contributed by atoms with Gasteiger partial charge in [0.25, 0.3) is 0 Å². The molecule has 12 rings (SSSR count). The van der Waals surface area contributed by atoms with Gasteiger partial charge in [-0.05, 0) is 130 Å². The number of nitrogens with zero attached hydrogens (tertiary/aromatic N) is 1. The van der Waals surface area contributed by atoms with Gasteiger partial charge in [0.05, 0.1) is 10.2 Å². The van der Waals surface area contributed by atoms with Gasteiger partial charge in [-0.1, -0.05) is 196 Å². The van der Waals surface area contributed by atoms with Crippen LogP contribution in [0.25, 0.3) is 109 Å². The largest absolute Gasteiger partial charge is 0.236 e. The van der Waals surface area contributed by atoms with Crippen molar-refractivity contribution in [1.82, 2.24) is 4.98 Å². The summed E-state index contributed by atoms with van der Waals surface area (Å²) < 4.78 is 1.22. The zero-order chi connectivity index (χ0) is 41.4. The third-order valence-electron chi connectivity index (χ3n) is 13.1. The highest BCUT2D eigenvalue weighted by molar-refractivity contribution is 7.21. The van der Waals surface area contributed by atoms with Crippen LogP contribution >= 0.6 is 11.3 Å². The number of para-hydroxylation sites is 1. The summed E-state index contributed by atoms with van der Waals surface area (Å²) in [6.07, 6.45) is 0. The molecule has 0 saturated heterocycles. The van der Waals surface area contributed by atoms with Crippen LogP contribution in [0.15, 0.2) is 212 Å². The number of thiazole rings is 1. The Hall–Kier alpha value is -7.39. The Labute approximate surface area is 366 Å². The van der Waals surface area contributed by atoms with Crippen molar-refractivity contribution in [3.63, 3.8) is 0 Å². The number of fused-ring (bicyclic) bond motifs is 6. The third-order valence-corrected chi connectivity index (χ3v) is 14.2. The molecule has 292 valence electrons. The molecule has 0 spiro atoms. The fourth-order valence-corrected chi connectivity index (χ4v) is 10.9. The van der Waals surface area contributed by atoms with Crippen molar-refractivity contribution in [2.75, 3.05) is 0 Å². The summed E-state index contributed by atoms with van der Waals surface area (Å²) >= 11 is 1.77. The third kappa shape index (κ3) is 5.94. The first kappa shape index (κ1) is 36.5. The van der Waals surface area contributed by atoms with Crippen LogP contribution in [0.3, 0.4) is 0 Å². The zero-order valence-electron chi connectivity index (χ0n) is 34.6. The van der Waals surface area contributed by atoms with E-state index in [1.807, 2.05) is 0 Å². The molecule has 0 fully saturated rings. The molecule has 1 nitrogen and oxygen atoms in total. The van der Waals surface area contributed by atoms with Crippen LogP contribution < -0.4 is 0 Å². The molecule has 1 aliphatic carbocycles. The van der Waals surface area contributed by atoms with E-state index in [1.54, 1.807) is 11.3 Å². The van der Waals surface area contributed by atoms with E-state index in [4.69, 9.17) is 4.98 Å². The van der Waals surface area contributed by atoms with Crippen LogP contribution in [0.1, 0.15) is 25.0 Å². The second kappa shape index (κ2) is 14.4. The molecule has 1 heterocycles. The molecule has 0 bridgehead atoms. The van der Waals surface area contributed by atoms with Crippen LogP contribution in [0.2, 0.25) is 0 Å². The molecule has 1 aliphatic rings. The van der Waals surface area contributed by atoms with E-state index in [-0.39, 0.29) is 5.41 Å². The Morgan fingerprint density at radius 1 is 0.339 bits per heavy atom. The summed E-state index contributed by atoms with van der Waals surface area (Å²) in [6.45, 7) is 4.76. The molecule has 0 amide bonds. The molecule has 0 aliphatic heterocycles. The summed E-state index contributed by atoms with van der Waals surface area (Å²) in [6, 6.07) is 78.2. The van der Waals surface area contributed by atoms with E-state index in [1.165, 1.54) is 110 Å². The highest BCUT2D eigenvalue weighted by Crippen LogP contribution is 2.52. The van der Waals surface area contributed by atoms with E-state index in [2.05, 4.69) is 226 Å². The van der Waals surface area contributed by atoms with E-state index < -0.39 is 0 Å². The van der Waals surface area contributed by atoms with Crippen LogP contribution in [-0.2, 0) is 5.41 Å². The molecule has 2 heteroatoms. The van der Waals surface area contributed by atoms with Crippen molar-refractivity contribution < 1.29 is 0 Å². The topological polar surface area (TPSA) is 12.9 Å². The first-order chi connectivity index (χ1) is 30.5. The van der Waals surface area contributed by atoms with Crippen molar-refractivity contribution in [3.05, 3.63) is 223 Å². The number of rotatable bonds is 6. The minimum Gasteiger partial charge on any atom is -0.236 e. The van der Waals surface area contributed by atoms with Crippen molar-refractivity contribution in [1.29, 1.82) is 0 Å². The average molecular weight is 808 g/mol. The number of hydrogen-bond acceptors (Lipinski definition) is 2. The van der Waals surface area contributed by atoms with Gasteiger partial charge in [-0.15, -0.1) is 11.3 Å². The van der Waals surface area contributed by atoms with Crippen LogP contribution in [0, 0.1) is 0 Å². The molecule has 0 atom stereocenters. The lowest BCUT2D eigenvalue weighted by Gasteiger charge is -2.23. The first-order valence-corrected chi connectivity index (χ1v) is 22.3. The number of hydrogen-bond donors (Lipinski definition) is 0. The van der Waals surface area contributed by atoms with Gasteiger partial charge in [0.15, 0.2) is 0 Å². The van der Waals surface area contributed by atoms with E-state index in [0.29, 0.717) is 0 Å². The van der Waals surface area contributed by atoms with Crippen molar-refractivity contribution in [2.24, 2.45) is 0 Å². The summed E-state index contributed by atoms with van der Waals surface area (Å²) in [7, 11) is 0. The van der Waals surface area contributed by atoms with E-state index in [0.717, 1.165) is 10.5 Å². The van der Waals surface area contributed by atoms with Gasteiger partial charge < -0.3 is 0 Å². The molecule has 0 saturated carbocycles. The second-order valence-electron chi connectivity index (χ2n) is 17.1. The Morgan fingerprint density at radius 2 is 0.758 bits per heavy atom. The van der Waals surface area contributed by atoms with Gasteiger partial charge in [-0.25, -0.2) is 4.98 Å². The zero-order valence-corrected chi connectivity index (χ0v) is 35.4. The Kier molecular flexibility index (Phi) is 8.45. The van der Waals surface area contributed by atoms with Crippen LogP contribution in [0.4, 0.5) is 0 Å². The number of benzene rings is 10. The molecule has 0 radical (unpaired) electrons. The average Bonchev–Trinajstić information content (AvgIpc) is 3.87. The second-order valence-corrected chi connectivity index (χ2v) is 18.1. The quantitative estimate of drug-likeness (QED) is 0.153. The maximum atomic E-state index is 5.01. The smallest absolute Gasteiger partial charge is 0.124 e. The SMILES string of the molecule is CC1(C)c2cc(-c3ccc4c(-c5ccc(-c6ccccc6)cc5)c5ccccc5c(-c5ccc(-c6ccccc6)cc5)c4c3)ccc2-c2ccc(-c3nc4ccccc4s3)cc21. The van der Waals surface area contributed by atoms with Gasteiger partial charge in [-0.2, -0.15) is 0 Å². The Bertz CT molecular complexity index is 3470. The monoisotopic (exact) mass is 807 g/mol. The van der Waals surface area contributed by atoms with E-state index in [9.17, 15) is 0 Å². The molecular weight excluding hydrogens is 767 g/mol. The van der Waals surface area contributed by atoms with Crippen molar-refractivity contribution in [2.45, 2.75) is 19.3 Å². The van der Waals surface area contributed by atoms with Gasteiger partial charge in [0, 0.05) is 11.0 Å². The minimum absolute atomic E-state index is 0.175. The highest BCUT2D eigenvalue weighted by Gasteiger charge is 2.36. The van der Waals surface area contributed by atoms with Crippen LogP contribution in [0.5, 0.6) is 0 Å². The summed E-state index contributed by atoms with van der Waals surface area (Å²) in [5.74, 6) is 0. The lowest BCUT2D eigenvalue weighted by Crippen LogP contribution is -2.15. The van der Waals surface area contributed by atoms with Gasteiger partial charge >= 0.3 is 0 Å². The Balaban J connectivity index is 1.01. The molecule has 0 unspecified atom stereocenters. The first-order valence-electron chi connectivity index (χ1n) is 21.4. The summed E-state index contributed by atoms with van der Waals surface area (Å²) in [5, 5.41) is 6.07. The predicted molar refractivity (Wildman–Crippen MR) is 265 cm³/mol. The van der Waals surface area contributed by atoms with Gasteiger partial charge in [-0.3, -0.25) is 0 Å². The molecular formula is C60H41NS. The van der Waals surface area contributed by atoms with Gasteiger partial charge in [0.2, 0.25) is 0 Å². The molecule has 11 aromatic rings. The summed E-state index contributed by atoms with van der Waals surface area (Å²) in [4.78, 5) is 5.01. The molecule has 62 heavy (non-hydrogen) atoms. The Morgan fingerprint density at radius 3 is 1.35 bits per heavy atom. The predicted octanol–water partition coefficient (Wildman–Crippen LogP) is 16.9. The van der Waals surface area contributed by atoms with Crippen LogP contribution in [-0.4, -0.2) is 4.98 Å². The minimum atomic E-state index is -0.175. The lowest BCUT2D eigenvalue weighted by molar-refractivity contribution is 0.661. The number of aromatic nitrogens is 1. The van der Waals surface area contributed by atoms with E-state index >= 15 is 0 Å². The standard InChI is InChI=1S/C60H41NS/c1-60(2)53-36-45(29-32-47(53)48-33-31-46(37-54(48)60)59-61-55-19-11-12-20-56(55)62-59)44-30-34-51-52(35-44)58(43-27-23-41(24-28-43)39-15-7-4-8-16-39)50-18-10-9-17-49(50)57(51)42-25-21-40(22-26-42)38-13-5-3-6-14-38/h3-37H,1-2H3. The summed E-state index contributed by atoms with van der Waals surface area (Å²) in [5.41, 5.74) is 19.7. The van der Waals surface area contributed by atoms with Gasteiger partial charge in [0.1, 0.15) is 5.01 Å². The highest BCUT2D eigenvalue weighted by atomic mass is 32.1. The molecule has 1 aromatic heterocycles. The van der Waals surface area contributed by atoms with Crippen molar-refractivity contribution in [3.8, 4) is 77.3 Å². The molecule has 10 aromatic carbocycles. The maximum absolute atomic E-state index is 5.01. The fourth-order valence-electron chi connectivity index (χ4n) is 9.95. The fraction of sp³-hybridized carbons (Fsp3) is 0.0500. The van der Waals surface area contributed by atoms with Crippen molar-refractivity contribution >= 4 is 43.1 Å². The molecule has 0 N–H and O–H groups in total. The normalized spacial score (nSPS) is 12.8. The maximum Gasteiger partial charge on any atom is 0.124 e. The lowest BCUT2D eigenvalue weighted by atomic mass is 9.81.